The molecule has 1 atom stereocenters. The molecule has 0 aliphatic carbocycles. The Morgan fingerprint density at radius 1 is 1.12 bits per heavy atom. The summed E-state index contributed by atoms with van der Waals surface area (Å²) in [5, 5.41) is 3.10. The van der Waals surface area contributed by atoms with E-state index in [1.807, 2.05) is 49.4 Å². The van der Waals surface area contributed by atoms with E-state index in [1.165, 1.54) is 0 Å². The van der Waals surface area contributed by atoms with Crippen LogP contribution in [0.4, 0.5) is 0 Å². The third kappa shape index (κ3) is 5.36. The number of hydrogen-bond acceptors (Lipinski definition) is 6. The van der Waals surface area contributed by atoms with E-state index in [2.05, 4.69) is 27.3 Å². The minimum Gasteiger partial charge on any atom is -0.497 e. The van der Waals surface area contributed by atoms with Gasteiger partial charge in [0.05, 0.1) is 38.5 Å². The van der Waals surface area contributed by atoms with Gasteiger partial charge in [0.15, 0.2) is 0 Å². The highest BCUT2D eigenvalue weighted by atomic mass is 16.5. The fourth-order valence-corrected chi connectivity index (χ4v) is 3.89. The molecule has 7 heteroatoms. The Balaban J connectivity index is 1.42. The molecule has 1 amide bonds. The lowest BCUT2D eigenvalue weighted by molar-refractivity contribution is -0.120. The zero-order valence-electron chi connectivity index (χ0n) is 18.5. The summed E-state index contributed by atoms with van der Waals surface area (Å²) in [6.45, 7) is 5.40. The third-order valence-electron chi connectivity index (χ3n) is 5.72. The van der Waals surface area contributed by atoms with Crippen molar-refractivity contribution in [1.29, 1.82) is 0 Å². The summed E-state index contributed by atoms with van der Waals surface area (Å²) < 4.78 is 16.6. The van der Waals surface area contributed by atoms with Gasteiger partial charge < -0.3 is 19.2 Å². The quantitative estimate of drug-likeness (QED) is 0.585. The van der Waals surface area contributed by atoms with Crippen molar-refractivity contribution in [3.8, 4) is 17.2 Å². The van der Waals surface area contributed by atoms with Gasteiger partial charge in [-0.15, -0.1) is 0 Å². The van der Waals surface area contributed by atoms with Crippen LogP contribution in [0.3, 0.4) is 0 Å². The minimum atomic E-state index is -0.0761. The van der Waals surface area contributed by atoms with E-state index in [-0.39, 0.29) is 18.4 Å². The van der Waals surface area contributed by atoms with Crippen LogP contribution in [-0.4, -0.2) is 55.7 Å². The van der Waals surface area contributed by atoms with Crippen LogP contribution in [0.15, 0.2) is 59.0 Å². The molecule has 0 bridgehead atoms. The molecule has 7 nitrogen and oxygen atoms in total. The summed E-state index contributed by atoms with van der Waals surface area (Å²) >= 11 is 0. The third-order valence-corrected chi connectivity index (χ3v) is 5.72. The van der Waals surface area contributed by atoms with E-state index >= 15 is 0 Å². The number of oxazole rings is 1. The zero-order valence-corrected chi connectivity index (χ0v) is 18.5. The van der Waals surface area contributed by atoms with Crippen molar-refractivity contribution in [2.45, 2.75) is 19.4 Å². The van der Waals surface area contributed by atoms with Crippen LogP contribution in [0.5, 0.6) is 5.75 Å². The molecule has 1 aliphatic rings. The van der Waals surface area contributed by atoms with Crippen molar-refractivity contribution < 1.29 is 18.7 Å². The predicted molar refractivity (Wildman–Crippen MR) is 122 cm³/mol. The second-order valence-corrected chi connectivity index (χ2v) is 7.81. The lowest BCUT2D eigenvalue weighted by Gasteiger charge is -2.35. The molecule has 1 N–H and O–H groups in total. The number of amides is 1. The summed E-state index contributed by atoms with van der Waals surface area (Å²) in [4.78, 5) is 19.7. The number of hydrogen-bond donors (Lipinski definition) is 1. The topological polar surface area (TPSA) is 76.8 Å². The lowest BCUT2D eigenvalue weighted by atomic mass is 10.0. The molecule has 1 unspecified atom stereocenters. The van der Waals surface area contributed by atoms with Crippen molar-refractivity contribution in [3.63, 3.8) is 0 Å². The summed E-state index contributed by atoms with van der Waals surface area (Å²) in [5.41, 5.74) is 2.69. The number of ether oxygens (including phenoxy) is 2. The molecule has 1 saturated heterocycles. The van der Waals surface area contributed by atoms with Crippen LogP contribution in [0.2, 0.25) is 0 Å². The van der Waals surface area contributed by atoms with Crippen molar-refractivity contribution in [2.75, 3.05) is 40.0 Å². The second-order valence-electron chi connectivity index (χ2n) is 7.81. The highest BCUT2D eigenvalue weighted by Gasteiger charge is 2.24. The molecule has 0 saturated carbocycles. The number of methoxy groups -OCH3 is 1. The Kier molecular flexibility index (Phi) is 7.19. The molecule has 1 aromatic heterocycles. The molecular weight excluding hydrogens is 406 g/mol. The fraction of sp³-hybridized carbons (Fsp3) is 0.360. The number of carbonyl (C=O) groups excluding carboxylic acids is 1. The van der Waals surface area contributed by atoms with Crippen molar-refractivity contribution >= 4 is 5.91 Å². The van der Waals surface area contributed by atoms with E-state index in [9.17, 15) is 4.79 Å². The van der Waals surface area contributed by atoms with Gasteiger partial charge in [-0.05, 0) is 36.8 Å². The van der Waals surface area contributed by atoms with Crippen LogP contribution in [0.1, 0.15) is 23.1 Å². The van der Waals surface area contributed by atoms with E-state index in [4.69, 9.17) is 13.9 Å². The maximum atomic E-state index is 12.8. The smallest absolute Gasteiger partial charge is 0.226 e. The first-order chi connectivity index (χ1) is 15.6. The molecule has 2 aromatic carbocycles. The number of aryl methyl sites for hydroxylation is 1. The van der Waals surface area contributed by atoms with Crippen molar-refractivity contribution in [1.82, 2.24) is 15.2 Å². The summed E-state index contributed by atoms with van der Waals surface area (Å²) in [5.74, 6) is 1.94. The van der Waals surface area contributed by atoms with Crippen LogP contribution in [0, 0.1) is 6.92 Å². The van der Waals surface area contributed by atoms with E-state index < -0.39 is 0 Å². The Labute approximate surface area is 188 Å². The number of carbonyl (C=O) groups is 1. The largest absolute Gasteiger partial charge is 0.497 e. The van der Waals surface area contributed by atoms with Crippen LogP contribution >= 0.6 is 0 Å². The molecule has 32 heavy (non-hydrogen) atoms. The average molecular weight is 436 g/mol. The molecule has 0 radical (unpaired) electrons. The van der Waals surface area contributed by atoms with Gasteiger partial charge in [-0.25, -0.2) is 4.98 Å². The van der Waals surface area contributed by atoms with Crippen molar-refractivity contribution in [3.05, 3.63) is 71.6 Å². The van der Waals surface area contributed by atoms with Crippen molar-refractivity contribution in [2.24, 2.45) is 0 Å². The molecule has 1 aliphatic heterocycles. The normalized spacial score (nSPS) is 15.3. The van der Waals surface area contributed by atoms with Crippen LogP contribution in [-0.2, 0) is 16.0 Å². The second kappa shape index (κ2) is 10.4. The molecule has 168 valence electrons. The summed E-state index contributed by atoms with van der Waals surface area (Å²) in [6, 6.07) is 17.8. The van der Waals surface area contributed by atoms with Gasteiger partial charge in [0.2, 0.25) is 11.8 Å². The number of rotatable bonds is 8. The number of benzene rings is 2. The van der Waals surface area contributed by atoms with E-state index in [0.717, 1.165) is 30.0 Å². The fourth-order valence-electron chi connectivity index (χ4n) is 3.89. The Morgan fingerprint density at radius 3 is 2.53 bits per heavy atom. The van der Waals surface area contributed by atoms with Gasteiger partial charge in [0, 0.05) is 25.2 Å². The monoisotopic (exact) mass is 435 g/mol. The Morgan fingerprint density at radius 2 is 1.84 bits per heavy atom. The first kappa shape index (κ1) is 22.0. The Hall–Kier alpha value is -3.16. The minimum absolute atomic E-state index is 0.0621. The maximum absolute atomic E-state index is 12.8. The molecule has 3 aromatic rings. The van der Waals surface area contributed by atoms with E-state index in [0.29, 0.717) is 37.1 Å². The molecule has 0 spiro atoms. The van der Waals surface area contributed by atoms with Crippen LogP contribution < -0.4 is 10.1 Å². The average Bonchev–Trinajstić information content (AvgIpc) is 3.21. The van der Waals surface area contributed by atoms with Gasteiger partial charge in [-0.3, -0.25) is 9.69 Å². The highest BCUT2D eigenvalue weighted by Crippen LogP contribution is 2.24. The number of nitrogens with zero attached hydrogens (tertiary/aromatic N) is 2. The highest BCUT2D eigenvalue weighted by molar-refractivity contribution is 5.78. The number of aromatic nitrogens is 1. The summed E-state index contributed by atoms with van der Waals surface area (Å²) in [6.07, 6.45) is 0.181. The predicted octanol–water partition coefficient (Wildman–Crippen LogP) is 3.39. The van der Waals surface area contributed by atoms with Crippen LogP contribution in [0.25, 0.3) is 11.5 Å². The van der Waals surface area contributed by atoms with E-state index in [1.54, 1.807) is 7.11 Å². The lowest BCUT2D eigenvalue weighted by Crippen LogP contribution is -2.44. The molecule has 4 rings (SSSR count). The SMILES string of the molecule is COc1ccc(C(CNC(=O)Cc2nc(-c3ccccc3)oc2C)N2CCOCC2)cc1. The maximum Gasteiger partial charge on any atom is 0.226 e. The van der Waals surface area contributed by atoms with Gasteiger partial charge in [-0.1, -0.05) is 30.3 Å². The first-order valence-corrected chi connectivity index (χ1v) is 10.9. The standard InChI is InChI=1S/C25H29N3O4/c1-18-22(27-25(32-18)20-6-4-3-5-7-20)16-24(29)26-17-23(28-12-14-31-15-13-28)19-8-10-21(30-2)11-9-19/h3-11,23H,12-17H2,1-2H3,(H,26,29). The summed E-state index contributed by atoms with van der Waals surface area (Å²) in [7, 11) is 1.66. The van der Waals surface area contributed by atoms with Gasteiger partial charge in [0.1, 0.15) is 11.5 Å². The number of nitrogens with one attached hydrogen (secondary N) is 1. The molecule has 2 heterocycles. The number of morpholine rings is 1. The zero-order chi connectivity index (χ0) is 22.3. The molecular formula is C25H29N3O4. The van der Waals surface area contributed by atoms with Gasteiger partial charge in [-0.2, -0.15) is 0 Å². The van der Waals surface area contributed by atoms with Gasteiger partial charge in [0.25, 0.3) is 0 Å². The Bertz CT molecular complexity index is 1010. The molecule has 1 fully saturated rings. The first-order valence-electron chi connectivity index (χ1n) is 10.9. The van der Waals surface area contributed by atoms with Gasteiger partial charge >= 0.3 is 0 Å².